The Morgan fingerprint density at radius 2 is 1.14 bits per heavy atom. The van der Waals surface area contributed by atoms with E-state index in [-0.39, 0.29) is 19.8 Å². The van der Waals surface area contributed by atoms with E-state index in [4.69, 9.17) is 18.9 Å². The maximum absolute atomic E-state index is 11.7. The normalized spacial score (nSPS) is 11.6. The quantitative estimate of drug-likeness (QED) is 0.375. The van der Waals surface area contributed by atoms with Crippen molar-refractivity contribution < 1.29 is 41.7 Å². The standard InChI is InChI=1S/C12H21F3O6/c1-2-17-3-4-18-5-6-19-7-8-20-9-10-21-11(16)12(13,14)15/h2-10H2,1H3. The lowest BCUT2D eigenvalue weighted by Crippen LogP contribution is -2.26. The average Bonchev–Trinajstić information content (AvgIpc) is 2.42. The smallest absolute Gasteiger partial charge is 0.457 e. The van der Waals surface area contributed by atoms with Crippen molar-refractivity contribution in [2.24, 2.45) is 0 Å². The van der Waals surface area contributed by atoms with Crippen LogP contribution < -0.4 is 0 Å². The van der Waals surface area contributed by atoms with E-state index in [1.165, 1.54) is 0 Å². The van der Waals surface area contributed by atoms with Crippen molar-refractivity contribution in [2.75, 3.05) is 59.5 Å². The zero-order chi connectivity index (χ0) is 16.0. The Kier molecular flexibility index (Phi) is 12.3. The number of carbonyl (C=O) groups is 1. The molecule has 21 heavy (non-hydrogen) atoms. The molecular formula is C12H21F3O6. The predicted molar refractivity (Wildman–Crippen MR) is 66.0 cm³/mol. The van der Waals surface area contributed by atoms with Gasteiger partial charge in [-0.2, -0.15) is 13.2 Å². The van der Waals surface area contributed by atoms with Crippen LogP contribution in [0.1, 0.15) is 6.92 Å². The molecule has 0 radical (unpaired) electrons. The second kappa shape index (κ2) is 12.8. The van der Waals surface area contributed by atoms with Gasteiger partial charge in [-0.15, -0.1) is 0 Å². The van der Waals surface area contributed by atoms with Gasteiger partial charge in [-0.25, -0.2) is 4.79 Å². The molecule has 0 atom stereocenters. The van der Waals surface area contributed by atoms with Gasteiger partial charge in [0.15, 0.2) is 0 Å². The zero-order valence-corrected chi connectivity index (χ0v) is 11.9. The molecule has 0 amide bonds. The fourth-order valence-corrected chi connectivity index (χ4v) is 1.08. The van der Waals surface area contributed by atoms with Crippen molar-refractivity contribution >= 4 is 5.97 Å². The van der Waals surface area contributed by atoms with Crippen molar-refractivity contribution in [1.82, 2.24) is 0 Å². The highest BCUT2D eigenvalue weighted by Gasteiger charge is 2.40. The third-order valence-electron chi connectivity index (χ3n) is 2.01. The second-order valence-electron chi connectivity index (χ2n) is 3.67. The fourth-order valence-electron chi connectivity index (χ4n) is 1.08. The molecule has 6 nitrogen and oxygen atoms in total. The number of hydrogen-bond acceptors (Lipinski definition) is 6. The highest BCUT2D eigenvalue weighted by Crippen LogP contribution is 2.16. The number of rotatable bonds is 13. The number of ether oxygens (including phenoxy) is 5. The Bertz CT molecular complexity index is 260. The molecule has 0 aromatic rings. The lowest BCUT2D eigenvalue weighted by Gasteiger charge is -2.08. The Morgan fingerprint density at radius 3 is 1.52 bits per heavy atom. The van der Waals surface area contributed by atoms with Crippen LogP contribution in [0, 0.1) is 0 Å². The second-order valence-corrected chi connectivity index (χ2v) is 3.67. The molecule has 0 fully saturated rings. The van der Waals surface area contributed by atoms with Crippen LogP contribution in [-0.2, 0) is 28.5 Å². The van der Waals surface area contributed by atoms with E-state index < -0.39 is 18.8 Å². The van der Waals surface area contributed by atoms with Crippen molar-refractivity contribution in [3.63, 3.8) is 0 Å². The van der Waals surface area contributed by atoms with E-state index in [2.05, 4.69) is 4.74 Å². The molecule has 0 saturated heterocycles. The number of alkyl halides is 3. The van der Waals surface area contributed by atoms with Gasteiger partial charge in [0.25, 0.3) is 0 Å². The number of hydrogen-bond donors (Lipinski definition) is 0. The van der Waals surface area contributed by atoms with Gasteiger partial charge in [-0.3, -0.25) is 0 Å². The molecule has 126 valence electrons. The molecule has 9 heteroatoms. The molecule has 0 unspecified atom stereocenters. The SMILES string of the molecule is CCOCCOCCOCCOCCOC(=O)C(F)(F)F. The van der Waals surface area contributed by atoms with Crippen LogP contribution in [0.2, 0.25) is 0 Å². The van der Waals surface area contributed by atoms with Crippen LogP contribution in [0.5, 0.6) is 0 Å². The molecule has 0 aromatic heterocycles. The Hall–Kier alpha value is -0.900. The highest BCUT2D eigenvalue weighted by molar-refractivity contribution is 5.75. The maximum Gasteiger partial charge on any atom is 0.490 e. The van der Waals surface area contributed by atoms with E-state index in [1.54, 1.807) is 0 Å². The van der Waals surface area contributed by atoms with Crippen LogP contribution in [0.25, 0.3) is 0 Å². The summed E-state index contributed by atoms with van der Waals surface area (Å²) in [6, 6.07) is 0. The first-order chi connectivity index (χ1) is 9.98. The van der Waals surface area contributed by atoms with Crippen molar-refractivity contribution in [3.8, 4) is 0 Å². The molecular weight excluding hydrogens is 297 g/mol. The number of carbonyl (C=O) groups excluding carboxylic acids is 1. The monoisotopic (exact) mass is 318 g/mol. The fraction of sp³-hybridized carbons (Fsp3) is 0.917. The zero-order valence-electron chi connectivity index (χ0n) is 11.9. The summed E-state index contributed by atoms with van der Waals surface area (Å²) in [6.07, 6.45) is -4.97. The lowest BCUT2D eigenvalue weighted by atomic mass is 10.6. The summed E-state index contributed by atoms with van der Waals surface area (Å²) in [4.78, 5) is 10.3. The largest absolute Gasteiger partial charge is 0.490 e. The van der Waals surface area contributed by atoms with Crippen LogP contribution in [-0.4, -0.2) is 71.6 Å². The third-order valence-corrected chi connectivity index (χ3v) is 2.01. The van der Waals surface area contributed by atoms with Gasteiger partial charge in [-0.1, -0.05) is 0 Å². The highest BCUT2D eigenvalue weighted by atomic mass is 19.4. The van der Waals surface area contributed by atoms with Gasteiger partial charge in [0.2, 0.25) is 0 Å². The van der Waals surface area contributed by atoms with Gasteiger partial charge in [0.05, 0.1) is 46.2 Å². The van der Waals surface area contributed by atoms with E-state index in [0.717, 1.165) is 0 Å². The first-order valence-corrected chi connectivity index (χ1v) is 6.53. The first kappa shape index (κ1) is 20.1. The van der Waals surface area contributed by atoms with Gasteiger partial charge in [0, 0.05) is 6.61 Å². The van der Waals surface area contributed by atoms with Gasteiger partial charge in [0.1, 0.15) is 6.61 Å². The van der Waals surface area contributed by atoms with E-state index in [0.29, 0.717) is 33.0 Å². The molecule has 0 aliphatic carbocycles. The lowest BCUT2D eigenvalue weighted by molar-refractivity contribution is -0.200. The number of halogens is 3. The summed E-state index contributed by atoms with van der Waals surface area (Å²) >= 11 is 0. The third kappa shape index (κ3) is 13.8. The van der Waals surface area contributed by atoms with Gasteiger partial charge in [-0.05, 0) is 6.92 Å². The molecule has 0 heterocycles. The summed E-state index contributed by atoms with van der Waals surface area (Å²) in [5.74, 6) is -2.22. The molecule has 0 aliphatic rings. The average molecular weight is 318 g/mol. The number of esters is 1. The van der Waals surface area contributed by atoms with Crippen LogP contribution in [0.3, 0.4) is 0 Å². The first-order valence-electron chi connectivity index (χ1n) is 6.53. The Morgan fingerprint density at radius 1 is 0.762 bits per heavy atom. The summed E-state index contributed by atoms with van der Waals surface area (Å²) in [5, 5.41) is 0. The molecule has 0 bridgehead atoms. The topological polar surface area (TPSA) is 63.2 Å². The molecule has 0 saturated carbocycles. The van der Waals surface area contributed by atoms with Gasteiger partial charge < -0.3 is 23.7 Å². The molecule has 0 spiro atoms. The van der Waals surface area contributed by atoms with Crippen LogP contribution in [0.15, 0.2) is 0 Å². The van der Waals surface area contributed by atoms with Gasteiger partial charge >= 0.3 is 12.1 Å². The molecule has 0 aliphatic heterocycles. The molecule has 0 N–H and O–H groups in total. The molecule has 0 aromatic carbocycles. The minimum Gasteiger partial charge on any atom is -0.457 e. The molecule has 0 rings (SSSR count). The minimum atomic E-state index is -4.97. The van der Waals surface area contributed by atoms with Crippen molar-refractivity contribution in [1.29, 1.82) is 0 Å². The van der Waals surface area contributed by atoms with Crippen molar-refractivity contribution in [2.45, 2.75) is 13.1 Å². The summed E-state index contributed by atoms with van der Waals surface area (Å²) in [6.45, 7) is 4.31. The summed E-state index contributed by atoms with van der Waals surface area (Å²) < 4.78 is 59.5. The Balaban J connectivity index is 3.14. The summed E-state index contributed by atoms with van der Waals surface area (Å²) in [5.41, 5.74) is 0. The summed E-state index contributed by atoms with van der Waals surface area (Å²) in [7, 11) is 0. The van der Waals surface area contributed by atoms with Crippen LogP contribution >= 0.6 is 0 Å². The van der Waals surface area contributed by atoms with Crippen LogP contribution in [0.4, 0.5) is 13.2 Å². The van der Waals surface area contributed by atoms with Crippen molar-refractivity contribution in [3.05, 3.63) is 0 Å². The maximum atomic E-state index is 11.7. The Labute approximate surface area is 121 Å². The van der Waals surface area contributed by atoms with E-state index in [1.807, 2.05) is 6.92 Å². The minimum absolute atomic E-state index is 0.115. The van der Waals surface area contributed by atoms with E-state index >= 15 is 0 Å². The predicted octanol–water partition coefficient (Wildman–Crippen LogP) is 1.18. The van der Waals surface area contributed by atoms with E-state index in [9.17, 15) is 18.0 Å².